The Balaban J connectivity index is 1.80. The summed E-state index contributed by atoms with van der Waals surface area (Å²) in [6.45, 7) is 1.03. The van der Waals surface area contributed by atoms with E-state index in [1.807, 2.05) is 66.7 Å². The molecule has 0 atom stereocenters. The van der Waals surface area contributed by atoms with E-state index >= 15 is 0 Å². The van der Waals surface area contributed by atoms with Gasteiger partial charge in [0.1, 0.15) is 17.3 Å². The standard InChI is InChI=1S/C25H25N3O3/c1-30-19-12-13-20(23(16-19)31-2)17-8-10-18(11-9-17)24-27-22-7-4-3-6-21(22)25(29)28(24)15-5-14-26/h3-4,6-13,16H,5,14-15,26H2,1-2H3. The Hall–Kier alpha value is -3.64. The normalized spacial score (nSPS) is 10.9. The van der Waals surface area contributed by atoms with Gasteiger partial charge in [0.2, 0.25) is 0 Å². The van der Waals surface area contributed by atoms with Gasteiger partial charge in [-0.1, -0.05) is 36.4 Å². The van der Waals surface area contributed by atoms with Gasteiger partial charge in [0.15, 0.2) is 0 Å². The average Bonchev–Trinajstić information content (AvgIpc) is 2.83. The van der Waals surface area contributed by atoms with E-state index in [1.54, 1.807) is 18.8 Å². The molecular weight excluding hydrogens is 390 g/mol. The molecule has 6 nitrogen and oxygen atoms in total. The molecule has 0 spiro atoms. The summed E-state index contributed by atoms with van der Waals surface area (Å²) in [5.41, 5.74) is 9.18. The van der Waals surface area contributed by atoms with E-state index in [-0.39, 0.29) is 5.56 Å². The highest BCUT2D eigenvalue weighted by molar-refractivity contribution is 5.80. The summed E-state index contributed by atoms with van der Waals surface area (Å²) in [7, 11) is 3.27. The number of benzene rings is 3. The summed E-state index contributed by atoms with van der Waals surface area (Å²) < 4.78 is 12.5. The van der Waals surface area contributed by atoms with Gasteiger partial charge in [-0.3, -0.25) is 9.36 Å². The molecule has 158 valence electrons. The molecule has 0 fully saturated rings. The van der Waals surface area contributed by atoms with Crippen molar-refractivity contribution in [3.05, 3.63) is 77.1 Å². The van der Waals surface area contributed by atoms with Crippen LogP contribution in [0.15, 0.2) is 71.5 Å². The van der Waals surface area contributed by atoms with Crippen LogP contribution in [0.1, 0.15) is 6.42 Å². The molecule has 0 saturated heterocycles. The van der Waals surface area contributed by atoms with Crippen LogP contribution < -0.4 is 20.8 Å². The predicted molar refractivity (Wildman–Crippen MR) is 124 cm³/mol. The molecule has 3 aromatic carbocycles. The van der Waals surface area contributed by atoms with Crippen LogP contribution in [0, 0.1) is 0 Å². The molecular formula is C25H25N3O3. The van der Waals surface area contributed by atoms with E-state index in [9.17, 15) is 4.79 Å². The maximum Gasteiger partial charge on any atom is 0.261 e. The molecule has 0 saturated carbocycles. The number of para-hydroxylation sites is 1. The van der Waals surface area contributed by atoms with E-state index in [0.717, 1.165) is 28.2 Å². The first kappa shape index (κ1) is 20.6. The molecule has 0 bridgehead atoms. The van der Waals surface area contributed by atoms with Crippen LogP contribution >= 0.6 is 0 Å². The number of hydrogen-bond donors (Lipinski definition) is 1. The van der Waals surface area contributed by atoms with Gasteiger partial charge < -0.3 is 15.2 Å². The molecule has 0 aliphatic carbocycles. The molecule has 4 rings (SSSR count). The molecule has 0 amide bonds. The SMILES string of the molecule is COc1ccc(-c2ccc(-c3nc4ccccc4c(=O)n3CCCN)cc2)c(OC)c1. The minimum absolute atomic E-state index is 0.0463. The lowest BCUT2D eigenvalue weighted by atomic mass is 10.0. The second-order valence-electron chi connectivity index (χ2n) is 7.20. The maximum atomic E-state index is 13.1. The number of fused-ring (bicyclic) bond motifs is 1. The third-order valence-corrected chi connectivity index (χ3v) is 5.31. The molecule has 0 unspecified atom stereocenters. The van der Waals surface area contributed by atoms with Crippen molar-refractivity contribution in [1.29, 1.82) is 0 Å². The first-order chi connectivity index (χ1) is 15.2. The highest BCUT2D eigenvalue weighted by Crippen LogP contribution is 2.34. The Bertz CT molecular complexity index is 1260. The van der Waals surface area contributed by atoms with Gasteiger partial charge in [0.25, 0.3) is 5.56 Å². The molecule has 1 aromatic heterocycles. The van der Waals surface area contributed by atoms with Crippen molar-refractivity contribution >= 4 is 10.9 Å². The van der Waals surface area contributed by atoms with Crippen LogP contribution in [0.4, 0.5) is 0 Å². The van der Waals surface area contributed by atoms with Crippen molar-refractivity contribution in [2.45, 2.75) is 13.0 Å². The number of hydrogen-bond acceptors (Lipinski definition) is 5. The van der Waals surface area contributed by atoms with Gasteiger partial charge in [-0.2, -0.15) is 0 Å². The van der Waals surface area contributed by atoms with Crippen molar-refractivity contribution in [1.82, 2.24) is 9.55 Å². The van der Waals surface area contributed by atoms with Gasteiger partial charge >= 0.3 is 0 Å². The molecule has 6 heteroatoms. The van der Waals surface area contributed by atoms with Crippen LogP contribution in [0.3, 0.4) is 0 Å². The Labute approximate surface area is 180 Å². The smallest absolute Gasteiger partial charge is 0.261 e. The predicted octanol–water partition coefficient (Wildman–Crippen LogP) is 4.10. The lowest BCUT2D eigenvalue weighted by molar-refractivity contribution is 0.395. The number of aromatic nitrogens is 2. The number of nitrogens with zero attached hydrogens (tertiary/aromatic N) is 2. The summed E-state index contributed by atoms with van der Waals surface area (Å²) in [5.74, 6) is 2.11. The van der Waals surface area contributed by atoms with Crippen LogP contribution in [0.25, 0.3) is 33.4 Å². The van der Waals surface area contributed by atoms with Crippen molar-refractivity contribution in [2.75, 3.05) is 20.8 Å². The largest absolute Gasteiger partial charge is 0.497 e. The number of methoxy groups -OCH3 is 2. The van der Waals surface area contributed by atoms with E-state index < -0.39 is 0 Å². The van der Waals surface area contributed by atoms with Crippen LogP contribution in [0.5, 0.6) is 11.5 Å². The molecule has 0 aliphatic rings. The fourth-order valence-electron chi connectivity index (χ4n) is 3.68. The highest BCUT2D eigenvalue weighted by Gasteiger charge is 2.13. The highest BCUT2D eigenvalue weighted by atomic mass is 16.5. The van der Waals surface area contributed by atoms with Gasteiger partial charge in [0, 0.05) is 23.7 Å². The maximum absolute atomic E-state index is 13.1. The fraction of sp³-hybridized carbons (Fsp3) is 0.200. The summed E-state index contributed by atoms with van der Waals surface area (Å²) in [6.07, 6.45) is 0.702. The Morgan fingerprint density at radius 3 is 2.39 bits per heavy atom. The van der Waals surface area contributed by atoms with Crippen LogP contribution in [-0.2, 0) is 6.54 Å². The molecule has 1 heterocycles. The minimum atomic E-state index is -0.0463. The van der Waals surface area contributed by atoms with Gasteiger partial charge in [-0.15, -0.1) is 0 Å². The number of rotatable bonds is 7. The number of nitrogens with two attached hydrogens (primary N) is 1. The average molecular weight is 415 g/mol. The van der Waals surface area contributed by atoms with Gasteiger partial charge in [-0.25, -0.2) is 4.98 Å². The van der Waals surface area contributed by atoms with E-state index in [4.69, 9.17) is 20.2 Å². The second kappa shape index (κ2) is 9.02. The van der Waals surface area contributed by atoms with Gasteiger partial charge in [0.05, 0.1) is 25.1 Å². The summed E-state index contributed by atoms with van der Waals surface area (Å²) >= 11 is 0. The summed E-state index contributed by atoms with van der Waals surface area (Å²) in [5, 5.41) is 0.614. The summed E-state index contributed by atoms with van der Waals surface area (Å²) in [6, 6.07) is 21.1. The number of ether oxygens (including phenoxy) is 2. The van der Waals surface area contributed by atoms with E-state index in [0.29, 0.717) is 36.2 Å². The van der Waals surface area contributed by atoms with Crippen molar-refractivity contribution in [3.8, 4) is 34.0 Å². The zero-order valence-corrected chi connectivity index (χ0v) is 17.7. The second-order valence-corrected chi connectivity index (χ2v) is 7.20. The first-order valence-electron chi connectivity index (χ1n) is 10.2. The molecule has 0 radical (unpaired) electrons. The zero-order valence-electron chi connectivity index (χ0n) is 17.7. The first-order valence-corrected chi connectivity index (χ1v) is 10.2. The molecule has 0 aliphatic heterocycles. The lowest BCUT2D eigenvalue weighted by Crippen LogP contribution is -2.24. The molecule has 31 heavy (non-hydrogen) atoms. The van der Waals surface area contributed by atoms with Crippen LogP contribution in [-0.4, -0.2) is 30.3 Å². The van der Waals surface area contributed by atoms with Crippen molar-refractivity contribution < 1.29 is 9.47 Å². The quantitative estimate of drug-likeness (QED) is 0.492. The molecule has 4 aromatic rings. The Kier molecular flexibility index (Phi) is 6.00. The van der Waals surface area contributed by atoms with E-state index in [2.05, 4.69) is 0 Å². The minimum Gasteiger partial charge on any atom is -0.497 e. The summed E-state index contributed by atoms with van der Waals surface area (Å²) in [4.78, 5) is 17.9. The zero-order chi connectivity index (χ0) is 21.8. The van der Waals surface area contributed by atoms with Crippen molar-refractivity contribution in [2.24, 2.45) is 5.73 Å². The third-order valence-electron chi connectivity index (χ3n) is 5.31. The van der Waals surface area contributed by atoms with Gasteiger partial charge in [-0.05, 0) is 42.8 Å². The lowest BCUT2D eigenvalue weighted by Gasteiger charge is -2.14. The third kappa shape index (κ3) is 4.02. The Morgan fingerprint density at radius 2 is 1.68 bits per heavy atom. The fourth-order valence-corrected chi connectivity index (χ4v) is 3.68. The van der Waals surface area contributed by atoms with Crippen molar-refractivity contribution in [3.63, 3.8) is 0 Å². The topological polar surface area (TPSA) is 79.4 Å². The van der Waals surface area contributed by atoms with Crippen LogP contribution in [0.2, 0.25) is 0 Å². The van der Waals surface area contributed by atoms with E-state index in [1.165, 1.54) is 0 Å². The Morgan fingerprint density at radius 1 is 0.935 bits per heavy atom. The monoisotopic (exact) mass is 415 g/mol. The molecule has 2 N–H and O–H groups in total.